The molecular weight excluding hydrogens is 590 g/mol. The van der Waals surface area contributed by atoms with Crippen molar-refractivity contribution in [2.75, 3.05) is 45.8 Å². The van der Waals surface area contributed by atoms with Crippen LogP contribution in [0.5, 0.6) is 11.5 Å². The normalized spacial score (nSPS) is 21.2. The molecule has 11 heteroatoms. The summed E-state index contributed by atoms with van der Waals surface area (Å²) >= 11 is 0. The number of fused-ring (bicyclic) bond motifs is 1. The molecule has 46 heavy (non-hydrogen) atoms. The van der Waals surface area contributed by atoms with Crippen LogP contribution in [-0.2, 0) is 38.6 Å². The molecule has 4 atom stereocenters. The van der Waals surface area contributed by atoms with Crippen LogP contribution < -0.4 is 20.1 Å². The minimum atomic E-state index is -0.700. The van der Waals surface area contributed by atoms with Crippen LogP contribution in [0, 0.1) is 5.92 Å². The summed E-state index contributed by atoms with van der Waals surface area (Å²) in [7, 11) is 3.30. The maximum absolute atomic E-state index is 12.4. The summed E-state index contributed by atoms with van der Waals surface area (Å²) in [5, 5.41) is 14.9. The third kappa shape index (κ3) is 7.97. The van der Waals surface area contributed by atoms with E-state index in [-0.39, 0.29) is 37.9 Å². The smallest absolute Gasteiger partial charge is 0.325 e. The minimum Gasteiger partial charge on any atom is -0.493 e. The molecule has 2 amide bonds. The summed E-state index contributed by atoms with van der Waals surface area (Å²) in [5.41, 5.74) is 5.56. The second-order valence-corrected chi connectivity index (χ2v) is 11.5. The molecule has 3 aromatic rings. The third-order valence-corrected chi connectivity index (χ3v) is 8.47. The molecule has 246 valence electrons. The summed E-state index contributed by atoms with van der Waals surface area (Å²) in [6.07, 6.45) is -0.265. The topological polar surface area (TPSA) is 128 Å². The minimum absolute atomic E-state index is 0.0120. The van der Waals surface area contributed by atoms with E-state index in [1.165, 1.54) is 11.1 Å². The molecule has 0 spiro atoms. The third-order valence-electron chi connectivity index (χ3n) is 8.47. The van der Waals surface area contributed by atoms with Gasteiger partial charge in [-0.3, -0.25) is 9.69 Å². The first kappa shape index (κ1) is 33.2. The number of esters is 1. The highest BCUT2D eigenvalue weighted by atomic mass is 16.7. The highest BCUT2D eigenvalue weighted by Crippen LogP contribution is 2.43. The lowest BCUT2D eigenvalue weighted by molar-refractivity contribution is -0.276. The molecule has 2 aliphatic rings. The Morgan fingerprint density at radius 1 is 0.978 bits per heavy atom. The molecule has 1 fully saturated rings. The number of anilines is 1. The van der Waals surface area contributed by atoms with E-state index in [2.05, 4.69) is 34.6 Å². The largest absolute Gasteiger partial charge is 0.493 e. The molecule has 5 rings (SSSR count). The van der Waals surface area contributed by atoms with Gasteiger partial charge in [0.25, 0.3) is 0 Å². The van der Waals surface area contributed by atoms with Gasteiger partial charge in [-0.25, -0.2) is 4.79 Å². The number of hydrogen-bond donors (Lipinski definition) is 3. The summed E-state index contributed by atoms with van der Waals surface area (Å²) in [6, 6.07) is 18.7. The van der Waals surface area contributed by atoms with Crippen LogP contribution in [0.2, 0.25) is 0 Å². The predicted octanol–water partition coefficient (Wildman–Crippen LogP) is 4.73. The molecule has 11 nitrogen and oxygen atoms in total. The lowest BCUT2D eigenvalue weighted by Gasteiger charge is -2.43. The number of carbonyl (C=O) groups is 2. The Kier molecular flexibility index (Phi) is 11.1. The van der Waals surface area contributed by atoms with E-state index < -0.39 is 18.3 Å². The fourth-order valence-corrected chi connectivity index (χ4v) is 5.98. The van der Waals surface area contributed by atoms with Crippen molar-refractivity contribution in [3.05, 3.63) is 88.5 Å². The van der Waals surface area contributed by atoms with E-state index >= 15 is 0 Å². The van der Waals surface area contributed by atoms with Crippen molar-refractivity contribution in [3.63, 3.8) is 0 Å². The van der Waals surface area contributed by atoms with Crippen molar-refractivity contribution in [3.8, 4) is 11.5 Å². The first-order chi connectivity index (χ1) is 22.3. The predicted molar refractivity (Wildman–Crippen MR) is 172 cm³/mol. The molecule has 0 radical (unpaired) electrons. The number of hydrogen-bond acceptors (Lipinski definition) is 9. The number of benzene rings is 3. The summed E-state index contributed by atoms with van der Waals surface area (Å²) in [6.45, 7) is 6.15. The maximum atomic E-state index is 12.4. The Morgan fingerprint density at radius 3 is 2.41 bits per heavy atom. The van der Waals surface area contributed by atoms with Gasteiger partial charge in [0.15, 0.2) is 17.8 Å². The SMILES string of the molecule is CCOC(=O)CNC(=O)Nc1cccc([C@@H]2O[C@H](CN3CCc4cc(OC)c(OC)cc4C3)[C@H](C)[C@H](c3ccc(CO)cc3)O2)c1. The summed E-state index contributed by atoms with van der Waals surface area (Å²) in [4.78, 5) is 26.5. The number of nitrogens with one attached hydrogen (secondary N) is 2. The molecule has 0 aliphatic carbocycles. The lowest BCUT2D eigenvalue weighted by atomic mass is 9.89. The number of aliphatic hydroxyl groups is 1. The van der Waals surface area contributed by atoms with Crippen molar-refractivity contribution in [2.24, 2.45) is 5.92 Å². The number of amides is 2. The van der Waals surface area contributed by atoms with Crippen LogP contribution in [0.4, 0.5) is 10.5 Å². The van der Waals surface area contributed by atoms with Crippen LogP contribution in [0.1, 0.15) is 54.1 Å². The number of rotatable bonds is 11. The van der Waals surface area contributed by atoms with Gasteiger partial charge in [-0.2, -0.15) is 0 Å². The second-order valence-electron chi connectivity index (χ2n) is 11.5. The van der Waals surface area contributed by atoms with E-state index in [1.807, 2.05) is 42.5 Å². The Labute approximate surface area is 269 Å². The number of nitrogens with zero attached hydrogens (tertiary/aromatic N) is 1. The molecule has 2 heterocycles. The Hall–Kier alpha value is -4.16. The van der Waals surface area contributed by atoms with Crippen molar-refractivity contribution in [1.29, 1.82) is 0 Å². The number of methoxy groups -OCH3 is 2. The monoisotopic (exact) mass is 633 g/mol. The van der Waals surface area contributed by atoms with E-state index in [0.29, 0.717) is 18.0 Å². The number of ether oxygens (including phenoxy) is 5. The van der Waals surface area contributed by atoms with E-state index in [9.17, 15) is 14.7 Å². The molecule has 0 aromatic heterocycles. The van der Waals surface area contributed by atoms with Crippen LogP contribution in [-0.4, -0.2) is 68.6 Å². The molecule has 1 saturated heterocycles. The Balaban J connectivity index is 1.35. The van der Waals surface area contributed by atoms with Crippen LogP contribution >= 0.6 is 0 Å². The fourth-order valence-electron chi connectivity index (χ4n) is 5.98. The summed E-state index contributed by atoms with van der Waals surface area (Å²) < 4.78 is 29.2. The number of aliphatic hydroxyl groups excluding tert-OH is 1. The highest BCUT2D eigenvalue weighted by Gasteiger charge is 2.39. The average Bonchev–Trinajstić information content (AvgIpc) is 3.08. The van der Waals surface area contributed by atoms with Gasteiger partial charge < -0.3 is 39.4 Å². The van der Waals surface area contributed by atoms with Gasteiger partial charge in [0.2, 0.25) is 0 Å². The zero-order valence-corrected chi connectivity index (χ0v) is 26.8. The average molecular weight is 634 g/mol. The molecule has 2 aliphatic heterocycles. The van der Waals surface area contributed by atoms with E-state index in [0.717, 1.165) is 42.0 Å². The van der Waals surface area contributed by atoms with E-state index in [4.69, 9.17) is 23.7 Å². The van der Waals surface area contributed by atoms with Crippen LogP contribution in [0.15, 0.2) is 60.7 Å². The Morgan fingerprint density at radius 2 is 1.72 bits per heavy atom. The number of urea groups is 1. The summed E-state index contributed by atoms with van der Waals surface area (Å²) in [5.74, 6) is 0.957. The standard InChI is InChI=1S/C35H43N3O8/c1-5-44-32(40)18-36-35(41)37-28-8-6-7-26(15-28)34-45-31(22(2)33(46-34)24-11-9-23(21-39)10-12-24)20-38-14-13-25-16-29(42-3)30(43-4)17-27(25)19-38/h6-12,15-17,22,31,33-34,39H,5,13-14,18-21H2,1-4H3,(H2,36,37,41)/t22-,31+,33+,34+/m0/s1. The van der Waals surface area contributed by atoms with Gasteiger partial charge >= 0.3 is 12.0 Å². The van der Waals surface area contributed by atoms with Crippen LogP contribution in [0.3, 0.4) is 0 Å². The molecule has 0 unspecified atom stereocenters. The maximum Gasteiger partial charge on any atom is 0.325 e. The van der Waals surface area contributed by atoms with Crippen molar-refractivity contribution in [1.82, 2.24) is 10.2 Å². The zero-order valence-electron chi connectivity index (χ0n) is 26.8. The van der Waals surface area contributed by atoms with Gasteiger partial charge in [-0.1, -0.05) is 43.3 Å². The highest BCUT2D eigenvalue weighted by molar-refractivity contribution is 5.91. The quantitative estimate of drug-likeness (QED) is 0.257. The molecular formula is C35H43N3O8. The van der Waals surface area contributed by atoms with Gasteiger partial charge in [0.1, 0.15) is 6.54 Å². The molecule has 3 aromatic carbocycles. The zero-order chi connectivity index (χ0) is 32.6. The first-order valence-electron chi connectivity index (χ1n) is 15.6. The fraction of sp³-hybridized carbons (Fsp3) is 0.429. The molecule has 3 N–H and O–H groups in total. The molecule has 0 bridgehead atoms. The second kappa shape index (κ2) is 15.4. The van der Waals surface area contributed by atoms with Crippen molar-refractivity contribution < 1.29 is 38.4 Å². The Bertz CT molecular complexity index is 1500. The van der Waals surface area contributed by atoms with Gasteiger partial charge in [-0.15, -0.1) is 0 Å². The van der Waals surface area contributed by atoms with Gasteiger partial charge in [-0.05, 0) is 59.9 Å². The van der Waals surface area contributed by atoms with Crippen molar-refractivity contribution in [2.45, 2.75) is 51.9 Å². The van der Waals surface area contributed by atoms with Gasteiger partial charge in [0, 0.05) is 36.8 Å². The van der Waals surface area contributed by atoms with Crippen LogP contribution in [0.25, 0.3) is 0 Å². The van der Waals surface area contributed by atoms with Crippen molar-refractivity contribution >= 4 is 17.7 Å². The van der Waals surface area contributed by atoms with E-state index in [1.54, 1.807) is 27.2 Å². The van der Waals surface area contributed by atoms with Gasteiger partial charge in [0.05, 0.1) is 39.6 Å². The molecule has 0 saturated carbocycles. The number of carbonyl (C=O) groups excluding carboxylic acids is 2. The lowest BCUT2D eigenvalue weighted by Crippen LogP contribution is -2.45. The first-order valence-corrected chi connectivity index (χ1v) is 15.6.